The van der Waals surface area contributed by atoms with E-state index < -0.39 is 0 Å². The molecule has 0 heteroatoms. The number of hydrogen-bond donors (Lipinski definition) is 0. The molecule has 2 bridgehead atoms. The van der Waals surface area contributed by atoms with Crippen molar-refractivity contribution in [2.45, 2.75) is 53.4 Å². The van der Waals surface area contributed by atoms with Gasteiger partial charge in [0.25, 0.3) is 0 Å². The molecule has 0 radical (unpaired) electrons. The molecule has 0 saturated heterocycles. The van der Waals surface area contributed by atoms with E-state index in [9.17, 15) is 0 Å². The molecule has 20 heavy (non-hydrogen) atoms. The maximum atomic E-state index is 4.35. The summed E-state index contributed by atoms with van der Waals surface area (Å²) in [6.07, 6.45) is 5.75. The minimum Gasteiger partial charge on any atom is -0.0998 e. The molecule has 3 saturated carbocycles. The normalized spacial score (nSPS) is 49.4. The van der Waals surface area contributed by atoms with E-state index in [0.29, 0.717) is 0 Å². The van der Waals surface area contributed by atoms with Gasteiger partial charge in [-0.15, -0.1) is 0 Å². The van der Waals surface area contributed by atoms with Gasteiger partial charge in [-0.05, 0) is 74.0 Å². The smallest absolute Gasteiger partial charge is 0.0109 e. The van der Waals surface area contributed by atoms with E-state index in [1.807, 2.05) is 0 Å². The minimum atomic E-state index is 0.739. The molecule has 8 atom stereocenters. The van der Waals surface area contributed by atoms with Crippen LogP contribution in [0.3, 0.4) is 0 Å². The zero-order chi connectivity index (χ0) is 14.6. The topological polar surface area (TPSA) is 0 Å². The fourth-order valence-electron chi connectivity index (χ4n) is 6.76. The molecule has 0 spiro atoms. The van der Waals surface area contributed by atoms with Crippen molar-refractivity contribution in [3.05, 3.63) is 24.3 Å². The van der Waals surface area contributed by atoms with Crippen LogP contribution < -0.4 is 0 Å². The second-order valence-corrected chi connectivity index (χ2v) is 8.03. The molecule has 8 unspecified atom stereocenters. The van der Waals surface area contributed by atoms with Crippen molar-refractivity contribution in [1.29, 1.82) is 0 Å². The predicted molar refractivity (Wildman–Crippen MR) is 87.4 cm³/mol. The van der Waals surface area contributed by atoms with Crippen LogP contribution in [0.4, 0.5) is 0 Å². The summed E-state index contributed by atoms with van der Waals surface area (Å²) in [7, 11) is 0. The van der Waals surface area contributed by atoms with E-state index in [4.69, 9.17) is 0 Å². The van der Waals surface area contributed by atoms with Crippen LogP contribution in [0.2, 0.25) is 0 Å². The summed E-state index contributed by atoms with van der Waals surface area (Å²) in [6, 6.07) is 0. The monoisotopic (exact) mass is 272 g/mol. The standard InChI is InChI=1S/C20H32/c1-7-13-9-14(8-2)20-16-10-15(19(13)20)17(11(3)4)18(16)12(5)6/h13-20H,3,5,7-10H2,1-2,4,6H3. The van der Waals surface area contributed by atoms with E-state index in [-0.39, 0.29) is 0 Å². The lowest BCUT2D eigenvalue weighted by molar-refractivity contribution is 0.111. The first-order chi connectivity index (χ1) is 9.51. The second kappa shape index (κ2) is 5.04. The third-order valence-electron chi connectivity index (χ3n) is 7.17. The van der Waals surface area contributed by atoms with Crippen molar-refractivity contribution >= 4 is 0 Å². The second-order valence-electron chi connectivity index (χ2n) is 8.03. The van der Waals surface area contributed by atoms with Gasteiger partial charge in [0.2, 0.25) is 0 Å². The summed E-state index contributed by atoms with van der Waals surface area (Å²) in [5.74, 6) is 7.32. The molecule has 0 aromatic heterocycles. The van der Waals surface area contributed by atoms with E-state index in [1.54, 1.807) is 0 Å². The molecule has 3 rings (SSSR count). The van der Waals surface area contributed by atoms with Gasteiger partial charge < -0.3 is 0 Å². The molecule has 0 aliphatic heterocycles. The first kappa shape index (κ1) is 14.4. The first-order valence-electron chi connectivity index (χ1n) is 8.81. The Bertz CT molecular complexity index is 380. The van der Waals surface area contributed by atoms with Gasteiger partial charge in [-0.2, -0.15) is 0 Å². The first-order valence-corrected chi connectivity index (χ1v) is 8.81. The average Bonchev–Trinajstić information content (AvgIpc) is 3.05. The highest BCUT2D eigenvalue weighted by atomic mass is 14.7. The summed E-state index contributed by atoms with van der Waals surface area (Å²) >= 11 is 0. The lowest BCUT2D eigenvalue weighted by Crippen LogP contribution is -2.37. The highest BCUT2D eigenvalue weighted by Crippen LogP contribution is 2.69. The fourth-order valence-corrected chi connectivity index (χ4v) is 6.76. The van der Waals surface area contributed by atoms with Crippen LogP contribution in [0, 0.1) is 47.3 Å². The summed E-state index contributed by atoms with van der Waals surface area (Å²) < 4.78 is 0. The van der Waals surface area contributed by atoms with Crippen molar-refractivity contribution in [2.24, 2.45) is 47.3 Å². The molecule has 0 amide bonds. The lowest BCUT2D eigenvalue weighted by atomic mass is 9.62. The number of hydrogen-bond acceptors (Lipinski definition) is 0. The van der Waals surface area contributed by atoms with Crippen molar-refractivity contribution < 1.29 is 0 Å². The minimum absolute atomic E-state index is 0.739. The molecule has 0 nitrogen and oxygen atoms in total. The Kier molecular flexibility index (Phi) is 3.63. The van der Waals surface area contributed by atoms with E-state index in [2.05, 4.69) is 40.9 Å². The fraction of sp³-hybridized carbons (Fsp3) is 0.800. The molecule has 0 heterocycles. The Labute approximate surface area is 125 Å². The Morgan fingerprint density at radius 2 is 1.20 bits per heavy atom. The molecular weight excluding hydrogens is 240 g/mol. The highest BCUT2D eigenvalue weighted by Gasteiger charge is 2.63. The molecule has 0 N–H and O–H groups in total. The van der Waals surface area contributed by atoms with Crippen LogP contribution >= 0.6 is 0 Å². The number of rotatable bonds is 4. The summed E-state index contributed by atoms with van der Waals surface area (Å²) in [5.41, 5.74) is 2.86. The van der Waals surface area contributed by atoms with Gasteiger partial charge in [0, 0.05) is 0 Å². The molecule has 3 aliphatic rings. The molecule has 3 aliphatic carbocycles. The van der Waals surface area contributed by atoms with Crippen LogP contribution in [0.1, 0.15) is 53.4 Å². The number of allylic oxidation sites excluding steroid dienone is 2. The molecule has 0 aromatic carbocycles. The van der Waals surface area contributed by atoms with E-state index in [1.165, 1.54) is 36.8 Å². The van der Waals surface area contributed by atoms with Gasteiger partial charge in [0.1, 0.15) is 0 Å². The summed E-state index contributed by atoms with van der Waals surface area (Å²) in [6.45, 7) is 18.1. The van der Waals surface area contributed by atoms with Crippen LogP contribution in [0.25, 0.3) is 0 Å². The third kappa shape index (κ3) is 1.79. The third-order valence-corrected chi connectivity index (χ3v) is 7.17. The predicted octanol–water partition coefficient (Wildman–Crippen LogP) is 5.71. The van der Waals surface area contributed by atoms with Crippen molar-refractivity contribution in [3.8, 4) is 0 Å². The van der Waals surface area contributed by atoms with Gasteiger partial charge in [0.15, 0.2) is 0 Å². The number of fused-ring (bicyclic) bond motifs is 5. The molecule has 3 fully saturated rings. The van der Waals surface area contributed by atoms with E-state index >= 15 is 0 Å². The van der Waals surface area contributed by atoms with Crippen molar-refractivity contribution in [3.63, 3.8) is 0 Å². The van der Waals surface area contributed by atoms with Crippen LogP contribution in [-0.2, 0) is 0 Å². The van der Waals surface area contributed by atoms with Crippen molar-refractivity contribution in [1.82, 2.24) is 0 Å². The lowest BCUT2D eigenvalue weighted by Gasteiger charge is -2.42. The van der Waals surface area contributed by atoms with Gasteiger partial charge in [-0.25, -0.2) is 0 Å². The van der Waals surface area contributed by atoms with Crippen LogP contribution in [-0.4, -0.2) is 0 Å². The summed E-state index contributed by atoms with van der Waals surface area (Å²) in [4.78, 5) is 0. The zero-order valence-corrected chi connectivity index (χ0v) is 13.9. The van der Waals surface area contributed by atoms with Crippen molar-refractivity contribution in [2.75, 3.05) is 0 Å². The highest BCUT2D eigenvalue weighted by molar-refractivity contribution is 5.23. The van der Waals surface area contributed by atoms with Gasteiger partial charge >= 0.3 is 0 Å². The Balaban J connectivity index is 1.97. The SMILES string of the molecule is C=C(C)C1C2CC(C1C(=C)C)C1C(CC)CC(CC)C21. The molecule has 0 aromatic rings. The maximum absolute atomic E-state index is 4.35. The maximum Gasteiger partial charge on any atom is -0.0109 e. The molecular formula is C20H32. The molecule has 112 valence electrons. The van der Waals surface area contributed by atoms with Crippen LogP contribution in [0.5, 0.6) is 0 Å². The zero-order valence-electron chi connectivity index (χ0n) is 13.9. The Morgan fingerprint density at radius 3 is 1.50 bits per heavy atom. The van der Waals surface area contributed by atoms with Gasteiger partial charge in [0.05, 0.1) is 0 Å². The van der Waals surface area contributed by atoms with Gasteiger partial charge in [-0.1, -0.05) is 51.0 Å². The van der Waals surface area contributed by atoms with Gasteiger partial charge in [-0.3, -0.25) is 0 Å². The summed E-state index contributed by atoms with van der Waals surface area (Å²) in [5, 5.41) is 0. The quantitative estimate of drug-likeness (QED) is 0.575. The Hall–Kier alpha value is -0.520. The van der Waals surface area contributed by atoms with Crippen LogP contribution in [0.15, 0.2) is 24.3 Å². The van der Waals surface area contributed by atoms with E-state index in [0.717, 1.165) is 47.3 Å². The largest absolute Gasteiger partial charge is 0.0998 e. The average molecular weight is 272 g/mol. The Morgan fingerprint density at radius 1 is 0.800 bits per heavy atom.